The second kappa shape index (κ2) is 10.9. The molecule has 16 heavy (non-hydrogen) atoms. The summed E-state index contributed by atoms with van der Waals surface area (Å²) >= 11 is 0. The normalized spacial score (nSPS) is 12.6. The highest BCUT2D eigenvalue weighted by Gasteiger charge is 2.16. The number of ether oxygens (including phenoxy) is 2. The third-order valence-corrected chi connectivity index (χ3v) is 2.41. The van der Waals surface area contributed by atoms with Crippen molar-refractivity contribution in [1.29, 1.82) is 0 Å². The first-order chi connectivity index (χ1) is 7.72. The molecule has 1 N–H and O–H groups in total. The largest absolute Gasteiger partial charge is 0.479 e. The van der Waals surface area contributed by atoms with Crippen LogP contribution in [0.15, 0.2) is 0 Å². The van der Waals surface area contributed by atoms with Gasteiger partial charge in [-0.2, -0.15) is 0 Å². The molecule has 0 amide bonds. The minimum Gasteiger partial charge on any atom is -0.479 e. The summed E-state index contributed by atoms with van der Waals surface area (Å²) in [4.78, 5) is 10.7. The van der Waals surface area contributed by atoms with E-state index in [2.05, 4.69) is 6.92 Å². The van der Waals surface area contributed by atoms with E-state index in [1.54, 1.807) is 0 Å². The number of carboxylic acid groups (broad SMARTS) is 1. The molecule has 96 valence electrons. The molecule has 0 rings (SSSR count). The fourth-order valence-electron chi connectivity index (χ4n) is 1.45. The van der Waals surface area contributed by atoms with Gasteiger partial charge in [0.15, 0.2) is 6.10 Å². The number of aliphatic carboxylic acids is 1. The van der Waals surface area contributed by atoms with E-state index in [-0.39, 0.29) is 6.61 Å². The van der Waals surface area contributed by atoms with Crippen molar-refractivity contribution in [3.8, 4) is 0 Å². The Hall–Kier alpha value is -0.610. The highest BCUT2D eigenvalue weighted by atomic mass is 16.5. The van der Waals surface area contributed by atoms with E-state index in [4.69, 9.17) is 14.6 Å². The zero-order chi connectivity index (χ0) is 12.2. The number of hydrogen-bond donors (Lipinski definition) is 1. The molecule has 4 heteroatoms. The first-order valence-corrected chi connectivity index (χ1v) is 6.05. The molecule has 0 aromatic heterocycles. The summed E-state index contributed by atoms with van der Waals surface area (Å²) in [5.74, 6) is -0.951. The predicted molar refractivity (Wildman–Crippen MR) is 62.6 cm³/mol. The van der Waals surface area contributed by atoms with Crippen molar-refractivity contribution in [2.75, 3.05) is 20.3 Å². The Labute approximate surface area is 97.9 Å². The molecule has 0 radical (unpaired) electrons. The summed E-state index contributed by atoms with van der Waals surface area (Å²) in [5, 5.41) is 8.77. The van der Waals surface area contributed by atoms with Gasteiger partial charge in [-0.3, -0.25) is 0 Å². The minimum atomic E-state index is -0.951. The van der Waals surface area contributed by atoms with Crippen LogP contribution in [0, 0.1) is 0 Å². The van der Waals surface area contributed by atoms with Crippen molar-refractivity contribution in [2.24, 2.45) is 0 Å². The van der Waals surface area contributed by atoms with E-state index in [1.165, 1.54) is 32.8 Å². The Morgan fingerprint density at radius 2 is 1.81 bits per heavy atom. The van der Waals surface area contributed by atoms with Crippen molar-refractivity contribution < 1.29 is 19.4 Å². The fraction of sp³-hybridized carbons (Fsp3) is 0.917. The van der Waals surface area contributed by atoms with Gasteiger partial charge in [0, 0.05) is 13.7 Å². The quantitative estimate of drug-likeness (QED) is 0.556. The predicted octanol–water partition coefficient (Wildman–Crippen LogP) is 2.46. The van der Waals surface area contributed by atoms with E-state index in [1.807, 2.05) is 0 Å². The maximum absolute atomic E-state index is 10.7. The third-order valence-electron chi connectivity index (χ3n) is 2.41. The highest BCUT2D eigenvalue weighted by molar-refractivity contribution is 5.72. The van der Waals surface area contributed by atoms with Crippen LogP contribution in [0.2, 0.25) is 0 Å². The van der Waals surface area contributed by atoms with Crippen LogP contribution in [0.3, 0.4) is 0 Å². The van der Waals surface area contributed by atoms with Crippen LogP contribution in [0.25, 0.3) is 0 Å². The van der Waals surface area contributed by atoms with Gasteiger partial charge < -0.3 is 14.6 Å². The first-order valence-electron chi connectivity index (χ1n) is 6.05. The second-order valence-corrected chi connectivity index (χ2v) is 3.92. The van der Waals surface area contributed by atoms with Crippen LogP contribution in [-0.4, -0.2) is 37.5 Å². The van der Waals surface area contributed by atoms with Crippen LogP contribution < -0.4 is 0 Å². The molecule has 1 atom stereocenters. The van der Waals surface area contributed by atoms with Gasteiger partial charge in [0.1, 0.15) is 0 Å². The third kappa shape index (κ3) is 8.68. The second-order valence-electron chi connectivity index (χ2n) is 3.92. The first kappa shape index (κ1) is 15.4. The molecule has 0 aliphatic rings. The molecular weight excluding hydrogens is 208 g/mol. The van der Waals surface area contributed by atoms with Gasteiger partial charge in [-0.15, -0.1) is 0 Å². The molecule has 0 saturated carbocycles. The number of methoxy groups -OCH3 is 1. The molecule has 0 aliphatic heterocycles. The zero-order valence-corrected chi connectivity index (χ0v) is 10.4. The van der Waals surface area contributed by atoms with E-state index in [0.29, 0.717) is 6.61 Å². The molecule has 0 spiro atoms. The maximum Gasteiger partial charge on any atom is 0.335 e. The molecule has 0 saturated heterocycles. The van der Waals surface area contributed by atoms with E-state index < -0.39 is 12.1 Å². The lowest BCUT2D eigenvalue weighted by Crippen LogP contribution is -2.29. The molecule has 0 fully saturated rings. The average Bonchev–Trinajstić information content (AvgIpc) is 2.26. The molecule has 0 aromatic carbocycles. The summed E-state index contributed by atoms with van der Waals surface area (Å²) < 4.78 is 10.00. The maximum atomic E-state index is 10.7. The van der Waals surface area contributed by atoms with Crippen LogP contribution in [0.1, 0.15) is 45.4 Å². The van der Waals surface area contributed by atoms with Gasteiger partial charge in [0.2, 0.25) is 0 Å². The van der Waals surface area contributed by atoms with Crippen molar-refractivity contribution >= 4 is 5.97 Å². The van der Waals surface area contributed by atoms with Gasteiger partial charge in [-0.25, -0.2) is 4.79 Å². The SMILES string of the molecule is CCCCCCCCOC(COC)C(=O)O. The Kier molecular flexibility index (Phi) is 10.5. The molecule has 0 aliphatic carbocycles. The molecule has 1 unspecified atom stereocenters. The lowest BCUT2D eigenvalue weighted by Gasteiger charge is -2.12. The molecule has 0 bridgehead atoms. The lowest BCUT2D eigenvalue weighted by atomic mass is 10.1. The van der Waals surface area contributed by atoms with Crippen LogP contribution >= 0.6 is 0 Å². The van der Waals surface area contributed by atoms with Crippen LogP contribution in [-0.2, 0) is 14.3 Å². The van der Waals surface area contributed by atoms with Crippen molar-refractivity contribution in [3.05, 3.63) is 0 Å². The molecule has 0 aromatic rings. The van der Waals surface area contributed by atoms with Gasteiger partial charge in [0.25, 0.3) is 0 Å². The minimum absolute atomic E-state index is 0.116. The molecular formula is C12H24O4. The highest BCUT2D eigenvalue weighted by Crippen LogP contribution is 2.05. The van der Waals surface area contributed by atoms with Gasteiger partial charge in [-0.05, 0) is 6.42 Å². The van der Waals surface area contributed by atoms with Crippen LogP contribution in [0.5, 0.6) is 0 Å². The number of rotatable bonds is 11. The molecule has 0 heterocycles. The van der Waals surface area contributed by atoms with E-state index in [9.17, 15) is 4.79 Å². The van der Waals surface area contributed by atoms with Gasteiger partial charge >= 0.3 is 5.97 Å². The fourth-order valence-corrected chi connectivity index (χ4v) is 1.45. The number of carbonyl (C=O) groups is 1. The summed E-state index contributed by atoms with van der Waals surface area (Å²) in [6.07, 6.45) is 6.21. The number of carboxylic acids is 1. The zero-order valence-electron chi connectivity index (χ0n) is 10.4. The Bertz CT molecular complexity index is 170. The lowest BCUT2D eigenvalue weighted by molar-refractivity contribution is -0.153. The smallest absolute Gasteiger partial charge is 0.335 e. The standard InChI is InChI=1S/C12H24O4/c1-3-4-5-6-7-8-9-16-11(10-15-2)12(13)14/h11H,3-10H2,1-2H3,(H,13,14). The topological polar surface area (TPSA) is 55.8 Å². The average molecular weight is 232 g/mol. The summed E-state index contributed by atoms with van der Waals surface area (Å²) in [5.41, 5.74) is 0. The van der Waals surface area contributed by atoms with Gasteiger partial charge in [-0.1, -0.05) is 39.0 Å². The molecule has 4 nitrogen and oxygen atoms in total. The summed E-state index contributed by atoms with van der Waals surface area (Å²) in [7, 11) is 1.48. The van der Waals surface area contributed by atoms with Crippen molar-refractivity contribution in [3.63, 3.8) is 0 Å². The Morgan fingerprint density at radius 3 is 2.38 bits per heavy atom. The van der Waals surface area contributed by atoms with Gasteiger partial charge in [0.05, 0.1) is 6.61 Å². The Morgan fingerprint density at radius 1 is 1.19 bits per heavy atom. The van der Waals surface area contributed by atoms with Crippen molar-refractivity contribution in [2.45, 2.75) is 51.6 Å². The Balaban J connectivity index is 3.37. The summed E-state index contributed by atoms with van der Waals surface area (Å²) in [6.45, 7) is 2.81. The van der Waals surface area contributed by atoms with Crippen LogP contribution in [0.4, 0.5) is 0 Å². The number of unbranched alkanes of at least 4 members (excludes halogenated alkanes) is 5. The summed E-state index contributed by atoms with van der Waals surface area (Å²) in [6, 6.07) is 0. The van der Waals surface area contributed by atoms with E-state index in [0.717, 1.165) is 12.8 Å². The number of hydrogen-bond acceptors (Lipinski definition) is 3. The van der Waals surface area contributed by atoms with Crippen molar-refractivity contribution in [1.82, 2.24) is 0 Å². The monoisotopic (exact) mass is 232 g/mol. The van der Waals surface area contributed by atoms with E-state index >= 15 is 0 Å².